The fraction of sp³-hybridized carbons (Fsp3) is 0.333. The molecule has 0 aliphatic carbocycles. The van der Waals surface area contributed by atoms with E-state index in [4.69, 9.17) is 0 Å². The highest BCUT2D eigenvalue weighted by atomic mass is 14.9. The molecule has 1 unspecified atom stereocenters. The van der Waals surface area contributed by atoms with Gasteiger partial charge in [0.15, 0.2) is 0 Å². The number of aryl methyl sites for hydroxylation is 2. The predicted octanol–water partition coefficient (Wildman–Crippen LogP) is 4.02. The Morgan fingerprint density at radius 3 is 2.16 bits per heavy atom. The second-order valence-electron chi connectivity index (χ2n) is 5.47. The fourth-order valence-corrected chi connectivity index (χ4v) is 2.50. The van der Waals surface area contributed by atoms with Gasteiger partial charge in [-0.2, -0.15) is 0 Å². The molecule has 2 aromatic carbocycles. The van der Waals surface area contributed by atoms with Crippen molar-refractivity contribution in [3.63, 3.8) is 0 Å². The highest BCUT2D eigenvalue weighted by Crippen LogP contribution is 2.09. The van der Waals surface area contributed by atoms with Gasteiger partial charge < -0.3 is 5.32 Å². The van der Waals surface area contributed by atoms with Gasteiger partial charge in [0, 0.05) is 12.6 Å². The molecular weight excluding hydrogens is 230 g/mol. The number of benzene rings is 2. The zero-order chi connectivity index (χ0) is 13.7. The van der Waals surface area contributed by atoms with Gasteiger partial charge >= 0.3 is 0 Å². The number of hydrogen-bond donors (Lipinski definition) is 1. The number of rotatable bonds is 5. The van der Waals surface area contributed by atoms with Crippen LogP contribution in [-0.2, 0) is 13.0 Å². The van der Waals surface area contributed by atoms with Crippen LogP contribution in [0.5, 0.6) is 0 Å². The van der Waals surface area contributed by atoms with Crippen molar-refractivity contribution < 1.29 is 0 Å². The molecule has 2 aromatic rings. The third-order valence-electron chi connectivity index (χ3n) is 3.32. The van der Waals surface area contributed by atoms with Crippen LogP contribution in [0.15, 0.2) is 48.5 Å². The van der Waals surface area contributed by atoms with Gasteiger partial charge in [0.25, 0.3) is 0 Å². The van der Waals surface area contributed by atoms with E-state index in [0.29, 0.717) is 6.04 Å². The summed E-state index contributed by atoms with van der Waals surface area (Å²) >= 11 is 0. The van der Waals surface area contributed by atoms with E-state index >= 15 is 0 Å². The van der Waals surface area contributed by atoms with Crippen molar-refractivity contribution in [1.82, 2.24) is 5.32 Å². The first kappa shape index (κ1) is 13.8. The highest BCUT2D eigenvalue weighted by Gasteiger charge is 2.03. The van der Waals surface area contributed by atoms with Gasteiger partial charge in [-0.25, -0.2) is 0 Å². The first-order valence-corrected chi connectivity index (χ1v) is 6.98. The predicted molar refractivity (Wildman–Crippen MR) is 82.4 cm³/mol. The zero-order valence-electron chi connectivity index (χ0n) is 12.1. The van der Waals surface area contributed by atoms with Gasteiger partial charge in [-0.05, 0) is 38.3 Å². The standard InChI is InChI=1S/C18H23N/c1-14-9-15(2)11-18(10-14)13-19-16(3)12-17-7-5-4-6-8-17/h4-11,16,19H,12-13H2,1-3H3. The summed E-state index contributed by atoms with van der Waals surface area (Å²) in [6, 6.07) is 17.9. The Kier molecular flexibility index (Phi) is 4.75. The van der Waals surface area contributed by atoms with E-state index in [0.717, 1.165) is 13.0 Å². The normalized spacial score (nSPS) is 12.4. The van der Waals surface area contributed by atoms with Crippen LogP contribution in [0.3, 0.4) is 0 Å². The molecule has 0 aromatic heterocycles. The zero-order valence-corrected chi connectivity index (χ0v) is 12.1. The summed E-state index contributed by atoms with van der Waals surface area (Å²) in [6.45, 7) is 7.50. The molecule has 0 aliphatic rings. The van der Waals surface area contributed by atoms with E-state index < -0.39 is 0 Å². The lowest BCUT2D eigenvalue weighted by Crippen LogP contribution is -2.27. The maximum absolute atomic E-state index is 3.60. The van der Waals surface area contributed by atoms with Crippen LogP contribution in [0.2, 0.25) is 0 Å². The molecule has 0 radical (unpaired) electrons. The lowest BCUT2D eigenvalue weighted by atomic mass is 10.1. The average molecular weight is 253 g/mol. The van der Waals surface area contributed by atoms with Crippen molar-refractivity contribution in [2.45, 2.75) is 39.8 Å². The van der Waals surface area contributed by atoms with Crippen molar-refractivity contribution in [1.29, 1.82) is 0 Å². The van der Waals surface area contributed by atoms with Gasteiger partial charge in [0.05, 0.1) is 0 Å². The monoisotopic (exact) mass is 253 g/mol. The average Bonchev–Trinajstić information content (AvgIpc) is 2.36. The van der Waals surface area contributed by atoms with Gasteiger partial charge in [-0.3, -0.25) is 0 Å². The first-order chi connectivity index (χ1) is 9.13. The van der Waals surface area contributed by atoms with Crippen molar-refractivity contribution in [2.24, 2.45) is 0 Å². The summed E-state index contributed by atoms with van der Waals surface area (Å²) in [7, 11) is 0. The summed E-state index contributed by atoms with van der Waals surface area (Å²) in [5, 5.41) is 3.60. The Morgan fingerprint density at radius 2 is 1.53 bits per heavy atom. The molecule has 1 heteroatoms. The fourth-order valence-electron chi connectivity index (χ4n) is 2.50. The second kappa shape index (κ2) is 6.53. The molecule has 0 spiro atoms. The molecule has 2 rings (SSSR count). The second-order valence-corrected chi connectivity index (χ2v) is 5.47. The van der Waals surface area contributed by atoms with E-state index in [1.807, 2.05) is 0 Å². The molecular formula is C18H23N. The summed E-state index contributed by atoms with van der Waals surface area (Å²) < 4.78 is 0. The minimum absolute atomic E-state index is 0.489. The lowest BCUT2D eigenvalue weighted by molar-refractivity contribution is 0.545. The lowest BCUT2D eigenvalue weighted by Gasteiger charge is -2.14. The minimum Gasteiger partial charge on any atom is -0.310 e. The summed E-state index contributed by atoms with van der Waals surface area (Å²) in [6.07, 6.45) is 1.08. The van der Waals surface area contributed by atoms with Crippen molar-refractivity contribution in [3.05, 3.63) is 70.8 Å². The van der Waals surface area contributed by atoms with E-state index in [1.54, 1.807) is 0 Å². The molecule has 0 saturated heterocycles. The third kappa shape index (κ3) is 4.53. The molecule has 1 nitrogen and oxygen atoms in total. The van der Waals surface area contributed by atoms with Crippen molar-refractivity contribution in [2.75, 3.05) is 0 Å². The Hall–Kier alpha value is -1.60. The molecule has 19 heavy (non-hydrogen) atoms. The summed E-state index contributed by atoms with van der Waals surface area (Å²) in [5.74, 6) is 0. The van der Waals surface area contributed by atoms with E-state index in [-0.39, 0.29) is 0 Å². The molecule has 0 fully saturated rings. The molecule has 1 atom stereocenters. The Bertz CT molecular complexity index is 496. The molecule has 100 valence electrons. The van der Waals surface area contributed by atoms with Crippen LogP contribution in [0.25, 0.3) is 0 Å². The third-order valence-corrected chi connectivity index (χ3v) is 3.32. The largest absolute Gasteiger partial charge is 0.310 e. The van der Waals surface area contributed by atoms with Crippen LogP contribution >= 0.6 is 0 Å². The molecule has 0 saturated carbocycles. The van der Waals surface area contributed by atoms with Gasteiger partial charge in [0.1, 0.15) is 0 Å². The van der Waals surface area contributed by atoms with Crippen molar-refractivity contribution in [3.8, 4) is 0 Å². The van der Waals surface area contributed by atoms with Crippen LogP contribution in [-0.4, -0.2) is 6.04 Å². The molecule has 0 amide bonds. The topological polar surface area (TPSA) is 12.0 Å². The van der Waals surface area contributed by atoms with Gasteiger partial charge in [-0.1, -0.05) is 59.7 Å². The van der Waals surface area contributed by atoms with Gasteiger partial charge in [-0.15, -0.1) is 0 Å². The first-order valence-electron chi connectivity index (χ1n) is 6.98. The Morgan fingerprint density at radius 1 is 0.895 bits per heavy atom. The molecule has 0 bridgehead atoms. The van der Waals surface area contributed by atoms with Crippen molar-refractivity contribution >= 4 is 0 Å². The van der Waals surface area contributed by atoms with Gasteiger partial charge in [0.2, 0.25) is 0 Å². The maximum Gasteiger partial charge on any atom is 0.0208 e. The summed E-state index contributed by atoms with van der Waals surface area (Å²) in [4.78, 5) is 0. The van der Waals surface area contributed by atoms with E-state index in [9.17, 15) is 0 Å². The molecule has 0 aliphatic heterocycles. The van der Waals surface area contributed by atoms with E-state index in [2.05, 4.69) is 74.6 Å². The number of hydrogen-bond acceptors (Lipinski definition) is 1. The minimum atomic E-state index is 0.489. The Labute approximate surface area is 116 Å². The van der Waals surface area contributed by atoms with E-state index in [1.165, 1.54) is 22.3 Å². The Balaban J connectivity index is 1.88. The maximum atomic E-state index is 3.60. The smallest absolute Gasteiger partial charge is 0.0208 e. The quantitative estimate of drug-likeness (QED) is 0.848. The number of nitrogens with one attached hydrogen (secondary N) is 1. The SMILES string of the molecule is Cc1cc(C)cc(CNC(C)Cc2ccccc2)c1. The van der Waals surface area contributed by atoms with Crippen LogP contribution in [0, 0.1) is 13.8 Å². The van der Waals surface area contributed by atoms with Crippen LogP contribution < -0.4 is 5.32 Å². The summed E-state index contributed by atoms with van der Waals surface area (Å²) in [5.41, 5.74) is 5.44. The highest BCUT2D eigenvalue weighted by molar-refractivity contribution is 5.28. The molecule has 0 heterocycles. The van der Waals surface area contributed by atoms with Crippen LogP contribution in [0.4, 0.5) is 0 Å². The van der Waals surface area contributed by atoms with Crippen LogP contribution in [0.1, 0.15) is 29.2 Å². The molecule has 1 N–H and O–H groups in total.